The zero-order chi connectivity index (χ0) is 13.4. The van der Waals surface area contributed by atoms with Crippen LogP contribution in [-0.4, -0.2) is 27.9 Å². The maximum absolute atomic E-state index is 4.49. The van der Waals surface area contributed by atoms with Crippen molar-refractivity contribution in [1.82, 2.24) is 12.9 Å². The molecule has 98 valence electrons. The van der Waals surface area contributed by atoms with Gasteiger partial charge in [0.1, 0.15) is 0 Å². The van der Waals surface area contributed by atoms with Crippen molar-refractivity contribution in [2.24, 2.45) is 0 Å². The molecule has 0 spiro atoms. The summed E-state index contributed by atoms with van der Waals surface area (Å²) >= 11 is 1.77. The molecule has 2 aromatic heterocycles. The van der Waals surface area contributed by atoms with Crippen LogP contribution in [0.5, 0.6) is 0 Å². The van der Waals surface area contributed by atoms with Gasteiger partial charge in [-0.05, 0) is 0 Å². The first-order chi connectivity index (χ1) is 9.15. The third-order valence-electron chi connectivity index (χ3n) is 2.99. The number of aromatic nitrogens is 3. The summed E-state index contributed by atoms with van der Waals surface area (Å²) in [6.45, 7) is 6.27. The van der Waals surface area contributed by atoms with E-state index in [0.717, 1.165) is 27.4 Å². The van der Waals surface area contributed by atoms with Crippen LogP contribution < -0.4 is 5.32 Å². The van der Waals surface area contributed by atoms with E-state index < -0.39 is 0 Å². The van der Waals surface area contributed by atoms with Gasteiger partial charge in [-0.15, -0.1) is 0 Å². The van der Waals surface area contributed by atoms with Crippen LogP contribution in [-0.2, 0) is 0 Å². The molecule has 1 aromatic carbocycles. The van der Waals surface area contributed by atoms with E-state index in [1.54, 1.807) is 11.3 Å². The molecule has 0 saturated carbocycles. The molecule has 19 heavy (non-hydrogen) atoms. The molecule has 0 aliphatic heterocycles. The number of fused-ring (bicyclic) bond motifs is 1. The normalized spacial score (nSPS) is 12.8. The maximum atomic E-state index is 4.49. The van der Waals surface area contributed by atoms with Gasteiger partial charge in [-0.1, -0.05) is 0 Å². The first-order valence-electron chi connectivity index (χ1n) is 6.07. The Bertz CT molecular complexity index is 718. The molecule has 0 radical (unpaired) electrons. The molecule has 0 saturated heterocycles. The van der Waals surface area contributed by atoms with Crippen molar-refractivity contribution < 1.29 is 0 Å². The molecule has 4 nitrogen and oxygen atoms in total. The summed E-state index contributed by atoms with van der Waals surface area (Å²) in [5.41, 5.74) is 4.20. The van der Waals surface area contributed by atoms with Crippen molar-refractivity contribution in [1.29, 1.82) is 0 Å². The summed E-state index contributed by atoms with van der Waals surface area (Å²) < 4.78 is 8.90. The van der Waals surface area contributed by atoms with E-state index in [9.17, 15) is 0 Å². The topological polar surface area (TPSA) is 50.7 Å². The van der Waals surface area contributed by atoms with Crippen LogP contribution in [0.15, 0.2) is 18.2 Å². The number of anilines is 1. The number of thiazole rings is 1. The van der Waals surface area contributed by atoms with E-state index in [0.29, 0.717) is 0 Å². The van der Waals surface area contributed by atoms with Crippen LogP contribution in [0, 0.1) is 13.8 Å². The van der Waals surface area contributed by atoms with Crippen LogP contribution in [0.25, 0.3) is 11.0 Å². The molecule has 6 heteroatoms. The molecule has 0 aliphatic rings. The summed E-state index contributed by atoms with van der Waals surface area (Å²) in [5, 5.41) is 4.65. The Morgan fingerprint density at radius 1 is 1.26 bits per heavy atom. The number of hydrogen-bond donors (Lipinski definition) is 1. The fourth-order valence-electron chi connectivity index (χ4n) is 2.17. The van der Waals surface area contributed by atoms with E-state index in [2.05, 4.69) is 38.2 Å². The number of hydrogen-bond acceptors (Lipinski definition) is 5. The van der Waals surface area contributed by atoms with Gasteiger partial charge in [-0.3, -0.25) is 0 Å². The first kappa shape index (κ1) is 12.8. The first-order valence-corrected chi connectivity index (χ1v) is 8.42. The second kappa shape index (κ2) is 5.04. The molecule has 0 amide bonds. The molecule has 1 atom stereocenters. The molecule has 3 aromatic rings. The number of aryl methyl sites for hydroxylation is 2. The third kappa shape index (κ3) is 2.43. The van der Waals surface area contributed by atoms with Crippen LogP contribution in [0.2, 0.25) is 0 Å². The van der Waals surface area contributed by atoms with Crippen LogP contribution >= 0.6 is 11.3 Å². The van der Waals surface area contributed by atoms with Gasteiger partial charge in [0.05, 0.1) is 0 Å². The van der Waals surface area contributed by atoms with Gasteiger partial charge in [0, 0.05) is 0 Å². The van der Waals surface area contributed by atoms with E-state index in [1.807, 2.05) is 19.1 Å². The van der Waals surface area contributed by atoms with Crippen LogP contribution in [0.4, 0.5) is 5.69 Å². The molecule has 2 heterocycles. The quantitative estimate of drug-likeness (QED) is 0.747. The van der Waals surface area contributed by atoms with Gasteiger partial charge in [0.25, 0.3) is 0 Å². The van der Waals surface area contributed by atoms with Crippen molar-refractivity contribution in [2.45, 2.75) is 26.8 Å². The van der Waals surface area contributed by atoms with E-state index in [4.69, 9.17) is 0 Å². The van der Waals surface area contributed by atoms with Gasteiger partial charge < -0.3 is 0 Å². The average Bonchev–Trinajstić information content (AvgIpc) is 2.96. The van der Waals surface area contributed by atoms with Crippen LogP contribution in [0.1, 0.15) is 28.5 Å². The molecular formula is C13H14N4SSe. The van der Waals surface area contributed by atoms with E-state index in [1.165, 1.54) is 4.88 Å². The Hall–Kier alpha value is -1.23. The van der Waals surface area contributed by atoms with E-state index in [-0.39, 0.29) is 21.0 Å². The number of rotatable bonds is 3. The minimum atomic E-state index is 0.0142. The molecule has 0 aliphatic carbocycles. The molecule has 0 bridgehead atoms. The fraction of sp³-hybridized carbons (Fsp3) is 0.308. The molecule has 1 unspecified atom stereocenters. The molecule has 0 fully saturated rings. The standard InChI is InChI=1S/C13H14N4SSe/c1-7-13(18-9(3)14-7)8(2)15-10-5-4-6-11-12(10)17-19-16-11/h4-6,8,15H,1-3H3. The van der Waals surface area contributed by atoms with Gasteiger partial charge in [0.15, 0.2) is 0 Å². The van der Waals surface area contributed by atoms with Gasteiger partial charge in [-0.25, -0.2) is 0 Å². The third-order valence-corrected chi connectivity index (χ3v) is 5.38. The van der Waals surface area contributed by atoms with Gasteiger partial charge >= 0.3 is 122 Å². The minimum absolute atomic E-state index is 0.0142. The predicted molar refractivity (Wildman–Crippen MR) is 80.1 cm³/mol. The average molecular weight is 337 g/mol. The predicted octanol–water partition coefficient (Wildman–Crippen LogP) is 2.93. The second-order valence-electron chi connectivity index (χ2n) is 4.49. The summed E-state index contributed by atoms with van der Waals surface area (Å²) in [6, 6.07) is 6.35. The van der Waals surface area contributed by atoms with Crippen molar-refractivity contribution in [3.63, 3.8) is 0 Å². The zero-order valence-electron chi connectivity index (χ0n) is 11.0. The SMILES string of the molecule is Cc1nc(C)c(C(C)Nc2cccc3n[se]nc23)s1. The van der Waals surface area contributed by atoms with E-state index >= 15 is 0 Å². The van der Waals surface area contributed by atoms with Gasteiger partial charge in [-0.2, -0.15) is 0 Å². The fourth-order valence-corrected chi connectivity index (χ4v) is 4.25. The Kier molecular flexibility index (Phi) is 3.39. The van der Waals surface area contributed by atoms with Crippen molar-refractivity contribution in [3.05, 3.63) is 33.8 Å². The summed E-state index contributed by atoms with van der Waals surface area (Å²) in [7, 11) is 0. The molecular weight excluding hydrogens is 323 g/mol. The summed E-state index contributed by atoms with van der Waals surface area (Å²) in [5.74, 6) is 0. The van der Waals surface area contributed by atoms with Gasteiger partial charge in [0.2, 0.25) is 0 Å². The zero-order valence-corrected chi connectivity index (χ0v) is 13.5. The Morgan fingerprint density at radius 3 is 2.84 bits per heavy atom. The summed E-state index contributed by atoms with van der Waals surface area (Å²) in [4.78, 5) is 5.77. The Morgan fingerprint density at radius 2 is 2.11 bits per heavy atom. The van der Waals surface area contributed by atoms with Crippen molar-refractivity contribution in [3.8, 4) is 0 Å². The number of nitrogens with one attached hydrogen (secondary N) is 1. The van der Waals surface area contributed by atoms with Crippen LogP contribution in [0.3, 0.4) is 0 Å². The monoisotopic (exact) mass is 338 g/mol. The van der Waals surface area contributed by atoms with Crippen molar-refractivity contribution in [2.75, 3.05) is 5.32 Å². The summed E-state index contributed by atoms with van der Waals surface area (Å²) in [6.07, 6.45) is 0. The Balaban J connectivity index is 1.92. The Labute approximate surface area is 122 Å². The molecule has 1 N–H and O–H groups in total. The number of nitrogens with zero attached hydrogens (tertiary/aromatic N) is 3. The van der Waals surface area contributed by atoms with Crippen molar-refractivity contribution >= 4 is 43.0 Å². The molecule has 3 rings (SSSR count). The second-order valence-corrected chi connectivity index (χ2v) is 6.83. The number of benzene rings is 1.